The van der Waals surface area contributed by atoms with Crippen LogP contribution in [-0.4, -0.2) is 28.2 Å². The number of halogens is 2. The van der Waals surface area contributed by atoms with Gasteiger partial charge in [0.05, 0.1) is 17.8 Å². The summed E-state index contributed by atoms with van der Waals surface area (Å²) in [6.45, 7) is 0. The van der Waals surface area contributed by atoms with Gasteiger partial charge in [0.25, 0.3) is 0 Å². The Balaban J connectivity index is 1.96. The molecule has 0 amide bonds. The molecule has 0 aliphatic carbocycles. The molecule has 0 fully saturated rings. The lowest BCUT2D eigenvalue weighted by Gasteiger charge is -2.04. The first-order valence-corrected chi connectivity index (χ1v) is 8.10. The predicted molar refractivity (Wildman–Crippen MR) is 96.5 cm³/mol. The highest BCUT2D eigenvalue weighted by atomic mass is 79.9. The van der Waals surface area contributed by atoms with Crippen LogP contribution in [0, 0.1) is 10.6 Å². The van der Waals surface area contributed by atoms with E-state index in [1.54, 1.807) is 25.5 Å². The Hall–Kier alpha value is -2.32. The molecule has 0 bridgehead atoms. The highest BCUT2D eigenvalue weighted by molar-refractivity contribution is 9.10. The molecular weight excluding hydrogens is 395 g/mol. The zero-order chi connectivity index (χ0) is 17.1. The lowest BCUT2D eigenvalue weighted by atomic mass is 10.2. The number of hydrogen-bond acceptors (Lipinski definition) is 4. The average molecular weight is 407 g/mol. The highest BCUT2D eigenvalue weighted by Gasteiger charge is 2.08. The number of ether oxygens (including phenoxy) is 1. The van der Waals surface area contributed by atoms with Gasteiger partial charge in [-0.05, 0) is 76.2 Å². The third-order valence-corrected chi connectivity index (χ3v) is 4.13. The van der Waals surface area contributed by atoms with Crippen molar-refractivity contribution in [1.82, 2.24) is 14.9 Å². The zero-order valence-electron chi connectivity index (χ0n) is 12.5. The van der Waals surface area contributed by atoms with Crippen LogP contribution in [0.5, 0.6) is 5.75 Å². The molecule has 5 nitrogen and oxygen atoms in total. The summed E-state index contributed by atoms with van der Waals surface area (Å²) in [4.78, 5) is 0. The number of H-pyrrole nitrogens is 1. The second kappa shape index (κ2) is 7.06. The lowest BCUT2D eigenvalue weighted by Crippen LogP contribution is -1.95. The minimum absolute atomic E-state index is 0.314. The first kappa shape index (κ1) is 16.5. The van der Waals surface area contributed by atoms with Gasteiger partial charge in [0.2, 0.25) is 4.77 Å². The first-order chi connectivity index (χ1) is 11.6. The Morgan fingerprint density at radius 1 is 1.29 bits per heavy atom. The molecule has 0 radical (unpaired) electrons. The van der Waals surface area contributed by atoms with Crippen molar-refractivity contribution in [2.75, 3.05) is 7.11 Å². The summed E-state index contributed by atoms with van der Waals surface area (Å²) >= 11 is 8.64. The third-order valence-electron chi connectivity index (χ3n) is 3.25. The molecule has 2 aromatic carbocycles. The van der Waals surface area contributed by atoms with Crippen molar-refractivity contribution >= 4 is 34.4 Å². The number of nitrogens with one attached hydrogen (secondary N) is 1. The number of nitrogens with zero attached hydrogens (tertiary/aromatic N) is 3. The van der Waals surface area contributed by atoms with E-state index in [0.29, 0.717) is 16.2 Å². The fourth-order valence-corrected chi connectivity index (χ4v) is 2.81. The van der Waals surface area contributed by atoms with E-state index < -0.39 is 0 Å². The smallest absolute Gasteiger partial charge is 0.216 e. The number of aromatic amines is 1. The minimum atomic E-state index is -0.314. The topological polar surface area (TPSA) is 55.2 Å². The van der Waals surface area contributed by atoms with Crippen LogP contribution >= 0.6 is 28.1 Å². The van der Waals surface area contributed by atoms with E-state index in [4.69, 9.17) is 17.0 Å². The summed E-state index contributed by atoms with van der Waals surface area (Å²) in [5.41, 5.74) is 1.56. The Morgan fingerprint density at radius 3 is 2.71 bits per heavy atom. The molecule has 3 rings (SSSR count). The second-order valence-electron chi connectivity index (χ2n) is 4.81. The SMILES string of the molecule is COc1ccc(/C=N\n2c(-c3ccc(F)cc3)n[nH]c2=S)cc1Br. The molecule has 1 N–H and O–H groups in total. The van der Waals surface area contributed by atoms with Crippen molar-refractivity contribution in [3.8, 4) is 17.1 Å². The van der Waals surface area contributed by atoms with Crippen molar-refractivity contribution in [3.05, 3.63) is 63.1 Å². The minimum Gasteiger partial charge on any atom is -0.496 e. The van der Waals surface area contributed by atoms with Gasteiger partial charge in [0, 0.05) is 5.56 Å². The zero-order valence-corrected chi connectivity index (χ0v) is 14.9. The quantitative estimate of drug-likeness (QED) is 0.515. The molecule has 24 heavy (non-hydrogen) atoms. The standard InChI is InChI=1S/C16H12BrFN4OS/c1-23-14-7-2-10(8-13(14)17)9-19-22-15(20-21-16(22)24)11-3-5-12(18)6-4-11/h2-9H,1H3,(H,21,24)/b19-9-. The van der Waals surface area contributed by atoms with E-state index in [0.717, 1.165) is 15.8 Å². The van der Waals surface area contributed by atoms with E-state index in [9.17, 15) is 4.39 Å². The van der Waals surface area contributed by atoms with Gasteiger partial charge >= 0.3 is 0 Å². The maximum Gasteiger partial charge on any atom is 0.216 e. The molecule has 122 valence electrons. The summed E-state index contributed by atoms with van der Waals surface area (Å²) in [5, 5.41) is 11.2. The molecule has 8 heteroatoms. The summed E-state index contributed by atoms with van der Waals surface area (Å²) < 4.78 is 20.9. The van der Waals surface area contributed by atoms with E-state index in [1.165, 1.54) is 16.8 Å². The largest absolute Gasteiger partial charge is 0.496 e. The van der Waals surface area contributed by atoms with E-state index in [2.05, 4.69) is 31.2 Å². The van der Waals surface area contributed by atoms with Crippen LogP contribution < -0.4 is 4.74 Å². The number of benzene rings is 2. The molecule has 1 aromatic heterocycles. The van der Waals surface area contributed by atoms with Gasteiger partial charge in [-0.15, -0.1) is 0 Å². The first-order valence-electron chi connectivity index (χ1n) is 6.90. The van der Waals surface area contributed by atoms with Gasteiger partial charge in [-0.1, -0.05) is 0 Å². The van der Waals surface area contributed by atoms with Crippen molar-refractivity contribution < 1.29 is 9.13 Å². The lowest BCUT2D eigenvalue weighted by molar-refractivity contribution is 0.412. The Labute approximate surface area is 150 Å². The highest BCUT2D eigenvalue weighted by Crippen LogP contribution is 2.25. The van der Waals surface area contributed by atoms with Crippen molar-refractivity contribution in [2.24, 2.45) is 5.10 Å². The molecule has 0 atom stereocenters. The molecule has 0 unspecified atom stereocenters. The summed E-state index contributed by atoms with van der Waals surface area (Å²) in [6, 6.07) is 11.6. The molecule has 3 aromatic rings. The van der Waals surface area contributed by atoms with E-state index >= 15 is 0 Å². The molecule has 0 aliphatic rings. The fourth-order valence-electron chi connectivity index (χ4n) is 2.07. The van der Waals surface area contributed by atoms with Crippen LogP contribution in [0.3, 0.4) is 0 Å². The maximum atomic E-state index is 13.1. The van der Waals surface area contributed by atoms with E-state index in [1.807, 2.05) is 18.2 Å². The van der Waals surface area contributed by atoms with Crippen LogP contribution in [0.2, 0.25) is 0 Å². The van der Waals surface area contributed by atoms with Gasteiger partial charge in [0.15, 0.2) is 5.82 Å². The summed E-state index contributed by atoms with van der Waals surface area (Å²) in [7, 11) is 1.60. The van der Waals surface area contributed by atoms with Crippen LogP contribution in [0.25, 0.3) is 11.4 Å². The normalized spacial score (nSPS) is 11.1. The number of hydrogen-bond donors (Lipinski definition) is 1. The molecular formula is C16H12BrFN4OS. The summed E-state index contributed by atoms with van der Waals surface area (Å²) in [6.07, 6.45) is 1.66. The van der Waals surface area contributed by atoms with Gasteiger partial charge in [-0.25, -0.2) is 9.49 Å². The van der Waals surface area contributed by atoms with Crippen molar-refractivity contribution in [3.63, 3.8) is 0 Å². The molecule has 0 saturated carbocycles. The van der Waals surface area contributed by atoms with Gasteiger partial charge < -0.3 is 4.74 Å². The Bertz CT molecular complexity index is 949. The summed E-state index contributed by atoms with van der Waals surface area (Å²) in [5.74, 6) is 0.925. The maximum absolute atomic E-state index is 13.1. The van der Waals surface area contributed by atoms with E-state index in [-0.39, 0.29) is 5.82 Å². The Morgan fingerprint density at radius 2 is 2.04 bits per heavy atom. The predicted octanol–water partition coefficient (Wildman–Crippen LogP) is 4.40. The van der Waals surface area contributed by atoms with Crippen LogP contribution in [0.4, 0.5) is 4.39 Å². The van der Waals surface area contributed by atoms with Crippen molar-refractivity contribution in [2.45, 2.75) is 0 Å². The molecule has 0 spiro atoms. The number of aromatic nitrogens is 3. The second-order valence-corrected chi connectivity index (χ2v) is 6.05. The fraction of sp³-hybridized carbons (Fsp3) is 0.0625. The van der Waals surface area contributed by atoms with Crippen LogP contribution in [-0.2, 0) is 0 Å². The number of rotatable bonds is 4. The van der Waals surface area contributed by atoms with Crippen LogP contribution in [0.1, 0.15) is 5.56 Å². The van der Waals surface area contributed by atoms with Crippen LogP contribution in [0.15, 0.2) is 52.0 Å². The monoisotopic (exact) mass is 406 g/mol. The third kappa shape index (κ3) is 3.44. The Kier molecular flexibility index (Phi) is 4.86. The van der Waals surface area contributed by atoms with Gasteiger partial charge in [-0.2, -0.15) is 14.9 Å². The average Bonchev–Trinajstić information content (AvgIpc) is 2.94. The molecule has 1 heterocycles. The molecule has 0 saturated heterocycles. The van der Waals surface area contributed by atoms with Crippen molar-refractivity contribution in [1.29, 1.82) is 0 Å². The number of methoxy groups -OCH3 is 1. The van der Waals surface area contributed by atoms with Gasteiger partial charge in [-0.3, -0.25) is 0 Å². The van der Waals surface area contributed by atoms with Gasteiger partial charge in [0.1, 0.15) is 11.6 Å². The molecule has 0 aliphatic heterocycles.